The van der Waals surface area contributed by atoms with Gasteiger partial charge >= 0.3 is 5.97 Å². The maximum atomic E-state index is 12.1. The Hall–Kier alpha value is -1.14. The van der Waals surface area contributed by atoms with E-state index in [0.29, 0.717) is 26.1 Å². The number of aliphatic carboxylic acids is 1. The summed E-state index contributed by atoms with van der Waals surface area (Å²) in [4.78, 5) is 24.8. The minimum Gasteiger partial charge on any atom is -0.481 e. The summed E-state index contributed by atoms with van der Waals surface area (Å²) in [5.41, 5.74) is 0. The van der Waals surface area contributed by atoms with Crippen molar-refractivity contribution in [2.24, 2.45) is 11.8 Å². The molecule has 0 bridgehead atoms. The van der Waals surface area contributed by atoms with Gasteiger partial charge in [-0.1, -0.05) is 13.8 Å². The maximum absolute atomic E-state index is 12.1. The second kappa shape index (κ2) is 8.21. The van der Waals surface area contributed by atoms with E-state index in [1.807, 2.05) is 13.8 Å². The average Bonchev–Trinajstić information content (AvgIpc) is 2.37. The number of hydrogen-bond acceptors (Lipinski definition) is 4. The van der Waals surface area contributed by atoms with E-state index in [9.17, 15) is 9.59 Å². The van der Waals surface area contributed by atoms with Crippen LogP contribution in [-0.2, 0) is 9.59 Å². The zero-order valence-electron chi connectivity index (χ0n) is 12.3. The van der Waals surface area contributed by atoms with Gasteiger partial charge in [0.2, 0.25) is 5.91 Å². The van der Waals surface area contributed by atoms with E-state index in [1.165, 1.54) is 0 Å². The Morgan fingerprint density at radius 3 is 2.60 bits per heavy atom. The highest BCUT2D eigenvalue weighted by molar-refractivity contribution is 5.78. The molecule has 6 heteroatoms. The number of amides is 1. The lowest BCUT2D eigenvalue weighted by atomic mass is 9.90. The Bertz CT molecular complexity index is 333. The van der Waals surface area contributed by atoms with Crippen molar-refractivity contribution in [1.29, 1.82) is 0 Å². The third kappa shape index (κ3) is 5.46. The number of nitrogens with one attached hydrogen (secondary N) is 1. The zero-order chi connectivity index (χ0) is 15.1. The van der Waals surface area contributed by atoms with E-state index in [4.69, 9.17) is 10.2 Å². The summed E-state index contributed by atoms with van der Waals surface area (Å²) in [7, 11) is 0. The molecule has 0 aromatic rings. The SMILES string of the molecule is CC(C)C(=O)N1CC(CC(=O)O)CC(NCCCO)C1. The van der Waals surface area contributed by atoms with Crippen molar-refractivity contribution < 1.29 is 19.8 Å². The number of likely N-dealkylation sites (tertiary alicyclic amines) is 1. The molecule has 20 heavy (non-hydrogen) atoms. The van der Waals surface area contributed by atoms with Gasteiger partial charge in [0.05, 0.1) is 0 Å². The average molecular weight is 286 g/mol. The van der Waals surface area contributed by atoms with Crippen molar-refractivity contribution in [3.63, 3.8) is 0 Å². The van der Waals surface area contributed by atoms with Crippen LogP contribution in [0.2, 0.25) is 0 Å². The van der Waals surface area contributed by atoms with Gasteiger partial charge in [-0.25, -0.2) is 0 Å². The first kappa shape index (κ1) is 16.9. The number of rotatable bonds is 7. The summed E-state index contributed by atoms with van der Waals surface area (Å²) < 4.78 is 0. The van der Waals surface area contributed by atoms with Crippen LogP contribution in [0.25, 0.3) is 0 Å². The van der Waals surface area contributed by atoms with Crippen molar-refractivity contribution in [2.75, 3.05) is 26.2 Å². The molecule has 1 heterocycles. The molecule has 1 aliphatic heterocycles. The summed E-state index contributed by atoms with van der Waals surface area (Å²) in [6.07, 6.45) is 1.53. The molecule has 0 saturated carbocycles. The van der Waals surface area contributed by atoms with Crippen molar-refractivity contribution >= 4 is 11.9 Å². The lowest BCUT2D eigenvalue weighted by Crippen LogP contribution is -2.52. The summed E-state index contributed by atoms with van der Waals surface area (Å²) in [5.74, 6) is -0.816. The largest absolute Gasteiger partial charge is 0.481 e. The van der Waals surface area contributed by atoms with Gasteiger partial charge in [-0.2, -0.15) is 0 Å². The molecule has 1 saturated heterocycles. The van der Waals surface area contributed by atoms with Crippen LogP contribution < -0.4 is 5.32 Å². The zero-order valence-corrected chi connectivity index (χ0v) is 12.3. The topological polar surface area (TPSA) is 89.9 Å². The van der Waals surface area contributed by atoms with Gasteiger partial charge in [-0.3, -0.25) is 9.59 Å². The standard InChI is InChI=1S/C14H26N2O4/c1-10(2)14(20)16-8-11(7-13(18)19)6-12(9-16)15-4-3-5-17/h10-12,15,17H,3-9H2,1-2H3,(H,18,19). The molecule has 1 aliphatic rings. The quantitative estimate of drug-likeness (QED) is 0.586. The van der Waals surface area contributed by atoms with Crippen LogP contribution in [0.4, 0.5) is 0 Å². The molecular formula is C14H26N2O4. The number of aliphatic hydroxyl groups excluding tert-OH is 1. The molecule has 6 nitrogen and oxygen atoms in total. The third-order valence-corrected chi connectivity index (χ3v) is 3.57. The second-order valence-corrected chi connectivity index (χ2v) is 5.83. The molecule has 0 radical (unpaired) electrons. The Morgan fingerprint density at radius 1 is 1.35 bits per heavy atom. The molecule has 0 aromatic heterocycles. The molecule has 1 rings (SSSR count). The minimum atomic E-state index is -0.817. The lowest BCUT2D eigenvalue weighted by molar-refractivity contribution is -0.142. The second-order valence-electron chi connectivity index (χ2n) is 5.83. The molecule has 0 aromatic carbocycles. The number of carbonyl (C=O) groups excluding carboxylic acids is 1. The number of nitrogens with zero attached hydrogens (tertiary/aromatic N) is 1. The molecular weight excluding hydrogens is 260 g/mol. The normalized spacial score (nSPS) is 23.1. The predicted molar refractivity (Wildman–Crippen MR) is 75.3 cm³/mol. The molecule has 0 spiro atoms. The van der Waals surface area contributed by atoms with E-state index in [-0.39, 0.29) is 36.8 Å². The number of carboxylic acid groups (broad SMARTS) is 1. The number of carboxylic acids is 1. The smallest absolute Gasteiger partial charge is 0.303 e. The molecule has 3 N–H and O–H groups in total. The van der Waals surface area contributed by atoms with Crippen molar-refractivity contribution in [2.45, 2.75) is 39.2 Å². The number of carbonyl (C=O) groups is 2. The monoisotopic (exact) mass is 286 g/mol. The summed E-state index contributed by atoms with van der Waals surface area (Å²) in [5, 5.41) is 21.0. The van der Waals surface area contributed by atoms with E-state index in [0.717, 1.165) is 6.42 Å². The van der Waals surface area contributed by atoms with Crippen molar-refractivity contribution in [3.05, 3.63) is 0 Å². The first-order chi connectivity index (χ1) is 9.43. The van der Waals surface area contributed by atoms with Crippen LogP contribution in [0.1, 0.15) is 33.1 Å². The molecule has 2 atom stereocenters. The fourth-order valence-corrected chi connectivity index (χ4v) is 2.68. The van der Waals surface area contributed by atoms with Crippen LogP contribution in [0, 0.1) is 11.8 Å². The summed E-state index contributed by atoms with van der Waals surface area (Å²) in [6.45, 7) is 5.69. The van der Waals surface area contributed by atoms with Gasteiger partial charge in [-0.05, 0) is 25.3 Å². The molecule has 0 aliphatic carbocycles. The van der Waals surface area contributed by atoms with Gasteiger partial charge < -0.3 is 20.4 Å². The maximum Gasteiger partial charge on any atom is 0.303 e. The fraction of sp³-hybridized carbons (Fsp3) is 0.857. The Morgan fingerprint density at radius 2 is 2.05 bits per heavy atom. The lowest BCUT2D eigenvalue weighted by Gasteiger charge is -2.38. The Balaban J connectivity index is 2.61. The predicted octanol–water partition coefficient (Wildman–Crippen LogP) is 0.306. The number of hydrogen-bond donors (Lipinski definition) is 3. The highest BCUT2D eigenvalue weighted by atomic mass is 16.4. The van der Waals surface area contributed by atoms with Crippen LogP contribution in [0.15, 0.2) is 0 Å². The first-order valence-corrected chi connectivity index (χ1v) is 7.28. The minimum absolute atomic E-state index is 0.00410. The Kier molecular flexibility index (Phi) is 6.95. The molecule has 2 unspecified atom stereocenters. The third-order valence-electron chi connectivity index (χ3n) is 3.57. The van der Waals surface area contributed by atoms with Gasteiger partial charge in [0, 0.05) is 38.1 Å². The van der Waals surface area contributed by atoms with Crippen molar-refractivity contribution in [1.82, 2.24) is 10.2 Å². The van der Waals surface area contributed by atoms with Crippen LogP contribution in [-0.4, -0.2) is 59.3 Å². The van der Waals surface area contributed by atoms with Crippen LogP contribution in [0.5, 0.6) is 0 Å². The van der Waals surface area contributed by atoms with Gasteiger partial charge in [0.25, 0.3) is 0 Å². The molecule has 1 amide bonds. The van der Waals surface area contributed by atoms with E-state index in [2.05, 4.69) is 5.32 Å². The van der Waals surface area contributed by atoms with Gasteiger partial charge in [0.1, 0.15) is 0 Å². The molecule has 116 valence electrons. The van der Waals surface area contributed by atoms with E-state index in [1.54, 1.807) is 4.90 Å². The Labute approximate surface area is 120 Å². The highest BCUT2D eigenvalue weighted by Crippen LogP contribution is 2.21. The van der Waals surface area contributed by atoms with Crippen molar-refractivity contribution in [3.8, 4) is 0 Å². The summed E-state index contributed by atoms with van der Waals surface area (Å²) >= 11 is 0. The highest BCUT2D eigenvalue weighted by Gasteiger charge is 2.31. The van der Waals surface area contributed by atoms with Crippen LogP contribution >= 0.6 is 0 Å². The van der Waals surface area contributed by atoms with Crippen LogP contribution in [0.3, 0.4) is 0 Å². The number of piperidine rings is 1. The van der Waals surface area contributed by atoms with E-state index >= 15 is 0 Å². The summed E-state index contributed by atoms with van der Waals surface area (Å²) in [6, 6.07) is 0.113. The van der Waals surface area contributed by atoms with Gasteiger partial charge in [-0.15, -0.1) is 0 Å². The molecule has 1 fully saturated rings. The van der Waals surface area contributed by atoms with E-state index < -0.39 is 5.97 Å². The fourth-order valence-electron chi connectivity index (χ4n) is 2.68. The first-order valence-electron chi connectivity index (χ1n) is 7.28. The number of aliphatic hydroxyl groups is 1. The van der Waals surface area contributed by atoms with Gasteiger partial charge in [0.15, 0.2) is 0 Å².